The summed E-state index contributed by atoms with van der Waals surface area (Å²) in [6.07, 6.45) is 6.87. The van der Waals surface area contributed by atoms with E-state index in [9.17, 15) is 4.79 Å². The van der Waals surface area contributed by atoms with Crippen LogP contribution >= 0.6 is 21.6 Å². The lowest BCUT2D eigenvalue weighted by Crippen LogP contribution is -2.04. The number of unbranched alkanes of at least 4 members (excludes halogenated alkanes) is 1. The summed E-state index contributed by atoms with van der Waals surface area (Å²) in [5.41, 5.74) is 8.07. The van der Waals surface area contributed by atoms with Gasteiger partial charge in [-0.3, -0.25) is 4.79 Å². The van der Waals surface area contributed by atoms with Crippen molar-refractivity contribution in [3.05, 3.63) is 10.4 Å². The Labute approximate surface area is 128 Å². The predicted molar refractivity (Wildman–Crippen MR) is 86.0 cm³/mol. The first-order chi connectivity index (χ1) is 9.83. The molecule has 114 valence electrons. The molecule has 0 aromatic heterocycles. The van der Waals surface area contributed by atoms with E-state index in [1.165, 1.54) is 25.0 Å². The van der Waals surface area contributed by atoms with Gasteiger partial charge in [-0.25, -0.2) is 0 Å². The molecule has 20 heavy (non-hydrogen) atoms. The van der Waals surface area contributed by atoms with Crippen molar-refractivity contribution >= 4 is 27.4 Å². The smallest absolute Gasteiger partial charge is 0.132 e. The zero-order valence-electron chi connectivity index (χ0n) is 11.8. The van der Waals surface area contributed by atoms with Crippen LogP contribution in [0.25, 0.3) is 10.4 Å². The number of carbonyl (C=O) groups excluding carboxylic acids is 1. The average molecular weight is 317 g/mol. The Morgan fingerprint density at radius 1 is 1.30 bits per heavy atom. The molecular formula is C13H23N3O2S2. The number of nitrogens with zero attached hydrogens (tertiary/aromatic N) is 3. The standard InChI is InChI=1S/C13H23N3O2S2/c14-16-15-8-10-18-9-3-5-12(17)4-1-2-6-13-7-11-19-20-13/h13H,1-11H2. The Morgan fingerprint density at radius 2 is 2.15 bits per heavy atom. The Balaban J connectivity index is 1.83. The molecular weight excluding hydrogens is 294 g/mol. The molecule has 0 N–H and O–H groups in total. The maximum atomic E-state index is 11.6. The van der Waals surface area contributed by atoms with Gasteiger partial charge in [0.15, 0.2) is 0 Å². The number of rotatable bonds is 12. The van der Waals surface area contributed by atoms with Crippen molar-refractivity contribution in [1.82, 2.24) is 0 Å². The van der Waals surface area contributed by atoms with E-state index in [1.807, 2.05) is 21.6 Å². The van der Waals surface area contributed by atoms with Gasteiger partial charge in [0.1, 0.15) is 5.78 Å². The van der Waals surface area contributed by atoms with Crippen molar-refractivity contribution in [3.8, 4) is 0 Å². The molecule has 0 aliphatic carbocycles. The zero-order chi connectivity index (χ0) is 14.5. The minimum atomic E-state index is 0.345. The first-order valence-corrected chi connectivity index (χ1v) is 9.59. The van der Waals surface area contributed by atoms with Crippen LogP contribution in [0.5, 0.6) is 0 Å². The molecule has 1 saturated heterocycles. The molecule has 1 rings (SSSR count). The molecule has 7 heteroatoms. The highest BCUT2D eigenvalue weighted by molar-refractivity contribution is 8.77. The molecule has 5 nitrogen and oxygen atoms in total. The zero-order valence-corrected chi connectivity index (χ0v) is 13.5. The Kier molecular flexibility index (Phi) is 11.0. The molecule has 1 heterocycles. The van der Waals surface area contributed by atoms with Gasteiger partial charge in [-0.1, -0.05) is 33.1 Å². The van der Waals surface area contributed by atoms with Crippen LogP contribution in [0, 0.1) is 0 Å². The monoisotopic (exact) mass is 317 g/mol. The normalized spacial score (nSPS) is 17.9. The minimum Gasteiger partial charge on any atom is -0.381 e. The quantitative estimate of drug-likeness (QED) is 0.176. The number of azide groups is 1. The van der Waals surface area contributed by atoms with Gasteiger partial charge in [0, 0.05) is 41.9 Å². The van der Waals surface area contributed by atoms with E-state index in [4.69, 9.17) is 10.3 Å². The lowest BCUT2D eigenvalue weighted by Gasteiger charge is -2.06. The van der Waals surface area contributed by atoms with Crippen LogP contribution < -0.4 is 0 Å². The van der Waals surface area contributed by atoms with Gasteiger partial charge in [-0.15, -0.1) is 0 Å². The highest BCUT2D eigenvalue weighted by atomic mass is 33.1. The molecule has 0 saturated carbocycles. The third-order valence-corrected chi connectivity index (χ3v) is 6.11. The maximum Gasteiger partial charge on any atom is 0.132 e. The number of Topliss-reactive ketones (excluding diaryl/α,β-unsaturated/α-hetero) is 1. The Bertz CT molecular complexity index is 317. The molecule has 1 unspecified atom stereocenters. The van der Waals surface area contributed by atoms with E-state index >= 15 is 0 Å². The van der Waals surface area contributed by atoms with E-state index in [2.05, 4.69) is 10.0 Å². The Hall–Kier alpha value is -0.360. The molecule has 1 aliphatic rings. The van der Waals surface area contributed by atoms with Crippen LogP contribution in [0.1, 0.15) is 44.9 Å². The van der Waals surface area contributed by atoms with Crippen LogP contribution in [0.3, 0.4) is 0 Å². The lowest BCUT2D eigenvalue weighted by molar-refractivity contribution is -0.119. The number of ketones is 1. The second kappa shape index (κ2) is 12.4. The van der Waals surface area contributed by atoms with Crippen molar-refractivity contribution in [2.75, 3.05) is 25.5 Å². The summed E-state index contributed by atoms with van der Waals surface area (Å²) < 4.78 is 5.26. The third kappa shape index (κ3) is 9.53. The molecule has 0 bridgehead atoms. The first-order valence-electron chi connectivity index (χ1n) is 7.21. The Morgan fingerprint density at radius 3 is 2.90 bits per heavy atom. The summed E-state index contributed by atoms with van der Waals surface area (Å²) >= 11 is 0. The van der Waals surface area contributed by atoms with Crippen molar-refractivity contribution in [3.63, 3.8) is 0 Å². The summed E-state index contributed by atoms with van der Waals surface area (Å²) in [4.78, 5) is 14.3. The van der Waals surface area contributed by atoms with E-state index in [-0.39, 0.29) is 0 Å². The van der Waals surface area contributed by atoms with Gasteiger partial charge in [-0.05, 0) is 31.2 Å². The van der Waals surface area contributed by atoms with Gasteiger partial charge in [0.25, 0.3) is 0 Å². The van der Waals surface area contributed by atoms with Gasteiger partial charge < -0.3 is 4.74 Å². The fourth-order valence-electron chi connectivity index (χ4n) is 2.01. The fraction of sp³-hybridized carbons (Fsp3) is 0.923. The van der Waals surface area contributed by atoms with E-state index in [0.29, 0.717) is 38.4 Å². The van der Waals surface area contributed by atoms with Crippen LogP contribution in [-0.2, 0) is 9.53 Å². The predicted octanol–water partition coefficient (Wildman–Crippen LogP) is 4.38. The summed E-state index contributed by atoms with van der Waals surface area (Å²) in [5, 5.41) is 4.19. The largest absolute Gasteiger partial charge is 0.381 e. The highest BCUT2D eigenvalue weighted by Gasteiger charge is 2.15. The van der Waals surface area contributed by atoms with Crippen molar-refractivity contribution in [2.24, 2.45) is 5.11 Å². The van der Waals surface area contributed by atoms with E-state index in [1.54, 1.807) is 0 Å². The summed E-state index contributed by atoms with van der Waals surface area (Å²) in [6.45, 7) is 1.37. The molecule has 1 aliphatic heterocycles. The van der Waals surface area contributed by atoms with Gasteiger partial charge in [0.2, 0.25) is 0 Å². The fourth-order valence-corrected chi connectivity index (χ4v) is 5.03. The molecule has 1 atom stereocenters. The van der Waals surface area contributed by atoms with Crippen LogP contribution in [0.4, 0.5) is 0 Å². The highest BCUT2D eigenvalue weighted by Crippen LogP contribution is 2.39. The van der Waals surface area contributed by atoms with Crippen LogP contribution in [-0.4, -0.2) is 36.5 Å². The van der Waals surface area contributed by atoms with Crippen molar-refractivity contribution in [1.29, 1.82) is 0 Å². The molecule has 1 fully saturated rings. The van der Waals surface area contributed by atoms with E-state index in [0.717, 1.165) is 18.1 Å². The number of carbonyl (C=O) groups is 1. The van der Waals surface area contributed by atoms with Crippen LogP contribution in [0.15, 0.2) is 5.11 Å². The van der Waals surface area contributed by atoms with Gasteiger partial charge in [-0.2, -0.15) is 0 Å². The molecule has 0 radical (unpaired) electrons. The summed E-state index contributed by atoms with van der Waals surface area (Å²) in [7, 11) is 3.99. The minimum absolute atomic E-state index is 0.345. The van der Waals surface area contributed by atoms with Gasteiger partial charge >= 0.3 is 0 Å². The number of ether oxygens (including phenoxy) is 1. The van der Waals surface area contributed by atoms with Crippen molar-refractivity contribution in [2.45, 2.75) is 50.2 Å². The molecule has 0 aromatic rings. The first kappa shape index (κ1) is 17.7. The van der Waals surface area contributed by atoms with Crippen molar-refractivity contribution < 1.29 is 9.53 Å². The second-order valence-corrected chi connectivity index (χ2v) is 7.57. The lowest BCUT2D eigenvalue weighted by atomic mass is 10.1. The average Bonchev–Trinajstić information content (AvgIpc) is 2.96. The SMILES string of the molecule is [N-]=[N+]=NCCOCCCC(=O)CCCCC1CCSS1. The topological polar surface area (TPSA) is 75.1 Å². The third-order valence-electron chi connectivity index (χ3n) is 3.10. The molecule has 0 amide bonds. The van der Waals surface area contributed by atoms with E-state index < -0.39 is 0 Å². The summed E-state index contributed by atoms with van der Waals surface area (Å²) in [5.74, 6) is 1.63. The second-order valence-electron chi connectivity index (χ2n) is 4.78. The van der Waals surface area contributed by atoms with Crippen LogP contribution in [0.2, 0.25) is 0 Å². The number of hydrogen-bond acceptors (Lipinski definition) is 5. The number of hydrogen-bond donors (Lipinski definition) is 0. The molecule has 0 spiro atoms. The molecule has 0 aromatic carbocycles. The maximum absolute atomic E-state index is 11.6. The summed E-state index contributed by atoms with van der Waals surface area (Å²) in [6, 6.07) is 0. The van der Waals surface area contributed by atoms with Gasteiger partial charge in [0.05, 0.1) is 6.61 Å².